The van der Waals surface area contributed by atoms with Gasteiger partial charge in [0, 0.05) is 24.5 Å². The SMILES string of the molecule is CC(=O)Nc1sc2c(c1C(=O)OCC(=O)N(C)CC(=O)Nc1c(C)cccc1C)CCCC2. The summed E-state index contributed by atoms with van der Waals surface area (Å²) in [7, 11) is 1.48. The number of nitrogens with one attached hydrogen (secondary N) is 2. The molecule has 3 amide bonds. The highest BCUT2D eigenvalue weighted by molar-refractivity contribution is 7.17. The van der Waals surface area contributed by atoms with Crippen LogP contribution in [-0.2, 0) is 32.0 Å². The fourth-order valence-electron chi connectivity index (χ4n) is 3.83. The lowest BCUT2D eigenvalue weighted by molar-refractivity contribution is -0.136. The van der Waals surface area contributed by atoms with Crippen molar-refractivity contribution in [3.05, 3.63) is 45.3 Å². The van der Waals surface area contributed by atoms with E-state index in [0.29, 0.717) is 10.6 Å². The van der Waals surface area contributed by atoms with E-state index in [1.165, 1.54) is 30.2 Å². The molecule has 0 spiro atoms. The molecule has 1 aliphatic carbocycles. The lowest BCUT2D eigenvalue weighted by Crippen LogP contribution is -2.37. The molecule has 9 heteroatoms. The summed E-state index contributed by atoms with van der Waals surface area (Å²) in [6.07, 6.45) is 3.59. The highest BCUT2D eigenvalue weighted by atomic mass is 32.1. The van der Waals surface area contributed by atoms with Crippen LogP contribution in [0.4, 0.5) is 10.7 Å². The van der Waals surface area contributed by atoms with Gasteiger partial charge in [0.25, 0.3) is 5.91 Å². The van der Waals surface area contributed by atoms with Crippen LogP contribution >= 0.6 is 11.3 Å². The summed E-state index contributed by atoms with van der Waals surface area (Å²) in [5.41, 5.74) is 3.82. The van der Waals surface area contributed by atoms with Gasteiger partial charge in [0.15, 0.2) is 6.61 Å². The van der Waals surface area contributed by atoms with Gasteiger partial charge in [-0.05, 0) is 56.2 Å². The van der Waals surface area contributed by atoms with Crippen LogP contribution in [0, 0.1) is 13.8 Å². The fourth-order valence-corrected chi connectivity index (χ4v) is 5.16. The zero-order valence-corrected chi connectivity index (χ0v) is 20.2. The maximum absolute atomic E-state index is 12.8. The Morgan fingerprint density at radius 3 is 2.39 bits per heavy atom. The van der Waals surface area contributed by atoms with E-state index in [2.05, 4.69) is 10.6 Å². The van der Waals surface area contributed by atoms with Crippen LogP contribution in [0.15, 0.2) is 18.2 Å². The first-order valence-corrected chi connectivity index (χ1v) is 11.7. The number of hydrogen-bond acceptors (Lipinski definition) is 6. The number of benzene rings is 1. The summed E-state index contributed by atoms with van der Waals surface area (Å²) >= 11 is 1.39. The van der Waals surface area contributed by atoms with Gasteiger partial charge in [0.1, 0.15) is 5.00 Å². The monoisotopic (exact) mass is 471 g/mol. The first kappa shape index (κ1) is 24.4. The zero-order chi connectivity index (χ0) is 24.1. The Hall–Kier alpha value is -3.20. The highest BCUT2D eigenvalue weighted by Crippen LogP contribution is 2.38. The lowest BCUT2D eigenvalue weighted by Gasteiger charge is -2.18. The molecule has 0 unspecified atom stereocenters. The first-order chi connectivity index (χ1) is 15.7. The number of carbonyl (C=O) groups is 4. The maximum Gasteiger partial charge on any atom is 0.341 e. The van der Waals surface area contributed by atoms with Gasteiger partial charge in [-0.25, -0.2) is 4.79 Å². The number of para-hydroxylation sites is 1. The minimum atomic E-state index is -0.639. The van der Waals surface area contributed by atoms with Crippen molar-refractivity contribution >= 4 is 45.7 Å². The van der Waals surface area contributed by atoms with Crippen molar-refractivity contribution in [2.45, 2.75) is 46.5 Å². The summed E-state index contributed by atoms with van der Waals surface area (Å²) in [4.78, 5) is 51.6. The minimum Gasteiger partial charge on any atom is -0.452 e. The Kier molecular flexibility index (Phi) is 7.86. The normalized spacial score (nSPS) is 12.5. The van der Waals surface area contributed by atoms with Crippen molar-refractivity contribution in [2.75, 3.05) is 30.8 Å². The first-order valence-electron chi connectivity index (χ1n) is 10.9. The number of likely N-dealkylation sites (N-methyl/N-ethyl adjacent to an activating group) is 1. The molecule has 8 nitrogen and oxygen atoms in total. The number of fused-ring (bicyclic) bond motifs is 1. The van der Waals surface area contributed by atoms with Crippen LogP contribution < -0.4 is 10.6 Å². The van der Waals surface area contributed by atoms with Gasteiger partial charge in [0.05, 0.1) is 12.1 Å². The third-order valence-corrected chi connectivity index (χ3v) is 6.75. The van der Waals surface area contributed by atoms with Gasteiger partial charge < -0.3 is 20.3 Å². The number of anilines is 2. The predicted octanol–water partition coefficient (Wildman–Crippen LogP) is 3.46. The molecule has 0 atom stereocenters. The number of ether oxygens (including phenoxy) is 1. The number of amides is 3. The average Bonchev–Trinajstić information content (AvgIpc) is 3.11. The number of aryl methyl sites for hydroxylation is 3. The summed E-state index contributed by atoms with van der Waals surface area (Å²) in [6.45, 7) is 4.52. The predicted molar refractivity (Wildman–Crippen MR) is 128 cm³/mol. The molecule has 0 saturated heterocycles. The van der Waals surface area contributed by atoms with Gasteiger partial charge in [0.2, 0.25) is 11.8 Å². The third kappa shape index (κ3) is 5.98. The number of carbonyl (C=O) groups excluding carboxylic acids is 4. The Bertz CT molecular complexity index is 1070. The van der Waals surface area contributed by atoms with E-state index in [4.69, 9.17) is 4.74 Å². The standard InChI is InChI=1S/C24H29N3O5S/c1-14-8-7-9-15(2)22(14)26-19(29)12-27(4)20(30)13-32-24(31)21-17-10-5-6-11-18(17)33-23(21)25-16(3)28/h7-9H,5-6,10-13H2,1-4H3,(H,25,28)(H,26,29). The molecule has 0 saturated carbocycles. The third-order valence-electron chi connectivity index (χ3n) is 5.54. The van der Waals surface area contributed by atoms with Crippen LogP contribution in [0.25, 0.3) is 0 Å². The number of esters is 1. The van der Waals surface area contributed by atoms with Crippen molar-refractivity contribution in [1.82, 2.24) is 4.90 Å². The molecule has 176 valence electrons. The van der Waals surface area contributed by atoms with Gasteiger partial charge in [-0.3, -0.25) is 14.4 Å². The molecule has 2 N–H and O–H groups in total. The van der Waals surface area contributed by atoms with E-state index in [-0.39, 0.29) is 18.4 Å². The van der Waals surface area contributed by atoms with Gasteiger partial charge in [-0.15, -0.1) is 11.3 Å². The molecular formula is C24H29N3O5S. The zero-order valence-electron chi connectivity index (χ0n) is 19.4. The molecule has 0 bridgehead atoms. The van der Waals surface area contributed by atoms with Crippen molar-refractivity contribution < 1.29 is 23.9 Å². The summed E-state index contributed by atoms with van der Waals surface area (Å²) < 4.78 is 5.29. The summed E-state index contributed by atoms with van der Waals surface area (Å²) in [5, 5.41) is 6.01. The lowest BCUT2D eigenvalue weighted by atomic mass is 9.95. The van der Waals surface area contributed by atoms with Crippen LogP contribution in [0.5, 0.6) is 0 Å². The topological polar surface area (TPSA) is 105 Å². The maximum atomic E-state index is 12.8. The molecule has 0 fully saturated rings. The second kappa shape index (κ2) is 10.6. The molecule has 2 aromatic rings. The molecule has 0 aliphatic heterocycles. The fraction of sp³-hybridized carbons (Fsp3) is 0.417. The number of rotatable bonds is 7. The molecule has 0 radical (unpaired) electrons. The molecular weight excluding hydrogens is 442 g/mol. The Labute approximate surface area is 197 Å². The number of thiophene rings is 1. The number of nitrogens with zero attached hydrogens (tertiary/aromatic N) is 1. The molecule has 3 rings (SSSR count). The van der Waals surface area contributed by atoms with E-state index >= 15 is 0 Å². The largest absolute Gasteiger partial charge is 0.452 e. The minimum absolute atomic E-state index is 0.171. The van der Waals surface area contributed by atoms with Crippen molar-refractivity contribution in [2.24, 2.45) is 0 Å². The van der Waals surface area contributed by atoms with Crippen molar-refractivity contribution in [3.63, 3.8) is 0 Å². The molecule has 1 aromatic heterocycles. The van der Waals surface area contributed by atoms with Crippen LogP contribution in [0.2, 0.25) is 0 Å². The second-order valence-corrected chi connectivity index (χ2v) is 9.34. The van der Waals surface area contributed by atoms with E-state index in [1.807, 2.05) is 32.0 Å². The Morgan fingerprint density at radius 1 is 1.06 bits per heavy atom. The molecule has 1 aromatic carbocycles. The molecule has 1 heterocycles. The average molecular weight is 472 g/mol. The summed E-state index contributed by atoms with van der Waals surface area (Å²) in [5.74, 6) is -1.74. The van der Waals surface area contributed by atoms with Gasteiger partial charge in [-0.2, -0.15) is 0 Å². The molecule has 1 aliphatic rings. The Balaban J connectivity index is 1.60. The summed E-state index contributed by atoms with van der Waals surface area (Å²) in [6, 6.07) is 5.71. The Morgan fingerprint density at radius 2 is 1.73 bits per heavy atom. The van der Waals surface area contributed by atoms with Crippen LogP contribution in [0.3, 0.4) is 0 Å². The quantitative estimate of drug-likeness (QED) is 0.602. The van der Waals surface area contributed by atoms with Crippen LogP contribution in [-0.4, -0.2) is 48.8 Å². The number of hydrogen-bond donors (Lipinski definition) is 2. The second-order valence-electron chi connectivity index (χ2n) is 8.24. The smallest absolute Gasteiger partial charge is 0.341 e. The van der Waals surface area contributed by atoms with Crippen molar-refractivity contribution in [3.8, 4) is 0 Å². The van der Waals surface area contributed by atoms with E-state index in [9.17, 15) is 19.2 Å². The highest BCUT2D eigenvalue weighted by Gasteiger charge is 2.28. The van der Waals surface area contributed by atoms with E-state index in [1.54, 1.807) is 0 Å². The van der Waals surface area contributed by atoms with Crippen molar-refractivity contribution in [1.29, 1.82) is 0 Å². The van der Waals surface area contributed by atoms with Gasteiger partial charge >= 0.3 is 5.97 Å². The van der Waals surface area contributed by atoms with E-state index < -0.39 is 18.5 Å². The van der Waals surface area contributed by atoms with Gasteiger partial charge in [-0.1, -0.05) is 18.2 Å². The van der Waals surface area contributed by atoms with E-state index in [0.717, 1.165) is 52.9 Å². The molecule has 33 heavy (non-hydrogen) atoms. The van der Waals surface area contributed by atoms with Crippen LogP contribution in [0.1, 0.15) is 51.7 Å².